The first kappa shape index (κ1) is 19.9. The topological polar surface area (TPSA) is 107 Å². The Morgan fingerprint density at radius 3 is 2.54 bits per heavy atom. The van der Waals surface area contributed by atoms with Crippen molar-refractivity contribution in [2.24, 2.45) is 7.05 Å². The number of fused-ring (bicyclic) bond motifs is 1. The molecule has 1 N–H and O–H groups in total. The van der Waals surface area contributed by atoms with E-state index < -0.39 is 11.7 Å². The van der Waals surface area contributed by atoms with Crippen molar-refractivity contribution in [2.75, 3.05) is 13.1 Å². The molecule has 3 heterocycles. The molecule has 1 fully saturated rings. The predicted molar refractivity (Wildman–Crippen MR) is 102 cm³/mol. The summed E-state index contributed by atoms with van der Waals surface area (Å²) in [6.07, 6.45) is 2.13. The molecule has 9 heteroatoms. The molecule has 3 rings (SSSR count). The molecule has 0 bridgehead atoms. The largest absolute Gasteiger partial charge is 0.444 e. The Balaban J connectivity index is 1.70. The summed E-state index contributed by atoms with van der Waals surface area (Å²) in [4.78, 5) is 43.2. The van der Waals surface area contributed by atoms with Crippen molar-refractivity contribution in [2.45, 2.75) is 52.2 Å². The molecule has 0 saturated carbocycles. The number of furan rings is 1. The van der Waals surface area contributed by atoms with Gasteiger partial charge in [-0.05, 0) is 40.5 Å². The minimum absolute atomic E-state index is 0.0596. The van der Waals surface area contributed by atoms with Gasteiger partial charge in [0.2, 0.25) is 5.71 Å². The average Bonchev–Trinajstić information content (AvgIpc) is 2.93. The summed E-state index contributed by atoms with van der Waals surface area (Å²) in [5, 5.41) is 3.06. The second kappa shape index (κ2) is 7.29. The Bertz CT molecular complexity index is 961. The molecule has 0 atom stereocenters. The molecule has 1 aliphatic rings. The number of hydrogen-bond acceptors (Lipinski definition) is 6. The molecular weight excluding hydrogens is 364 g/mol. The normalized spacial score (nSPS) is 15.7. The van der Waals surface area contributed by atoms with Crippen LogP contribution in [0.1, 0.15) is 49.7 Å². The number of alkyl carbamates (subject to hydrolysis) is 1. The highest BCUT2D eigenvalue weighted by Crippen LogP contribution is 2.24. The molecule has 0 spiro atoms. The van der Waals surface area contributed by atoms with Gasteiger partial charge in [0.15, 0.2) is 0 Å². The number of aromatic nitrogens is 2. The van der Waals surface area contributed by atoms with Crippen LogP contribution in [0.3, 0.4) is 0 Å². The van der Waals surface area contributed by atoms with Crippen molar-refractivity contribution in [3.63, 3.8) is 0 Å². The van der Waals surface area contributed by atoms with Crippen LogP contribution >= 0.6 is 0 Å². The van der Waals surface area contributed by atoms with Gasteiger partial charge in [-0.3, -0.25) is 9.59 Å². The van der Waals surface area contributed by atoms with E-state index in [1.54, 1.807) is 18.9 Å². The van der Waals surface area contributed by atoms with Crippen LogP contribution in [-0.4, -0.2) is 51.2 Å². The van der Waals surface area contributed by atoms with Crippen LogP contribution in [0.5, 0.6) is 0 Å². The Hall–Kier alpha value is -2.84. The van der Waals surface area contributed by atoms with Gasteiger partial charge in [-0.1, -0.05) is 0 Å². The third-order valence-electron chi connectivity index (χ3n) is 4.66. The summed E-state index contributed by atoms with van der Waals surface area (Å²) < 4.78 is 12.1. The molecular formula is C19H26N4O5. The summed E-state index contributed by atoms with van der Waals surface area (Å²) >= 11 is 0. The van der Waals surface area contributed by atoms with E-state index in [-0.39, 0.29) is 34.2 Å². The predicted octanol–water partition coefficient (Wildman–Crippen LogP) is 1.96. The zero-order valence-electron chi connectivity index (χ0n) is 16.9. The van der Waals surface area contributed by atoms with E-state index in [2.05, 4.69) is 10.3 Å². The lowest BCUT2D eigenvalue weighted by atomic mass is 10.0. The lowest BCUT2D eigenvalue weighted by Crippen LogP contribution is -2.47. The molecule has 28 heavy (non-hydrogen) atoms. The van der Waals surface area contributed by atoms with Crippen LogP contribution in [0, 0.1) is 6.92 Å². The van der Waals surface area contributed by atoms with E-state index in [1.807, 2.05) is 20.8 Å². The second-order valence-electron chi connectivity index (χ2n) is 8.09. The van der Waals surface area contributed by atoms with Crippen LogP contribution in [0.25, 0.3) is 11.1 Å². The summed E-state index contributed by atoms with van der Waals surface area (Å²) in [5.41, 5.74) is -0.430. The maximum absolute atomic E-state index is 13.1. The van der Waals surface area contributed by atoms with Gasteiger partial charge in [-0.25, -0.2) is 9.78 Å². The van der Waals surface area contributed by atoms with Gasteiger partial charge in [0.05, 0.1) is 5.56 Å². The highest BCUT2D eigenvalue weighted by atomic mass is 16.6. The third-order valence-corrected chi connectivity index (χ3v) is 4.66. The lowest BCUT2D eigenvalue weighted by Gasteiger charge is -2.32. The zero-order chi connectivity index (χ0) is 20.6. The van der Waals surface area contributed by atoms with E-state index in [1.165, 1.54) is 10.9 Å². The van der Waals surface area contributed by atoms with E-state index in [9.17, 15) is 14.4 Å². The molecule has 2 aromatic rings. The standard InChI is InChI=1S/C19H26N4O5/c1-11-13(14-15(27-11)20-10-22(5)16(14)24)17(25)23-8-6-12(7-9-23)21-18(26)28-19(2,3)4/h10,12H,6-9H2,1-5H3,(H,21,26). The molecule has 1 saturated heterocycles. The number of likely N-dealkylation sites (tertiary alicyclic amines) is 1. The van der Waals surface area contributed by atoms with Crippen LogP contribution < -0.4 is 10.9 Å². The smallest absolute Gasteiger partial charge is 0.407 e. The van der Waals surface area contributed by atoms with E-state index in [0.717, 1.165) is 0 Å². The van der Waals surface area contributed by atoms with Crippen molar-refractivity contribution in [1.29, 1.82) is 0 Å². The number of nitrogens with one attached hydrogen (secondary N) is 1. The number of rotatable bonds is 2. The fourth-order valence-electron chi connectivity index (χ4n) is 3.30. The molecule has 1 aliphatic heterocycles. The number of hydrogen-bond donors (Lipinski definition) is 1. The Labute approximate surface area is 162 Å². The maximum atomic E-state index is 13.1. The van der Waals surface area contributed by atoms with E-state index >= 15 is 0 Å². The SMILES string of the molecule is Cc1oc2ncn(C)c(=O)c2c1C(=O)N1CCC(NC(=O)OC(C)(C)C)CC1. The van der Waals surface area contributed by atoms with Crippen molar-refractivity contribution < 1.29 is 18.7 Å². The van der Waals surface area contributed by atoms with Crippen LogP contribution in [-0.2, 0) is 11.8 Å². The molecule has 152 valence electrons. The third kappa shape index (κ3) is 4.02. The fraction of sp³-hybridized carbons (Fsp3) is 0.579. The number of nitrogens with zero attached hydrogens (tertiary/aromatic N) is 3. The highest BCUT2D eigenvalue weighted by Gasteiger charge is 2.30. The Morgan fingerprint density at radius 2 is 1.93 bits per heavy atom. The van der Waals surface area contributed by atoms with Gasteiger partial charge < -0.3 is 23.9 Å². The molecule has 0 unspecified atom stereocenters. The quantitative estimate of drug-likeness (QED) is 0.840. The molecule has 0 radical (unpaired) electrons. The molecule has 0 aliphatic carbocycles. The van der Waals surface area contributed by atoms with Crippen molar-refractivity contribution >= 4 is 23.1 Å². The molecule has 0 aromatic carbocycles. The monoisotopic (exact) mass is 390 g/mol. The van der Waals surface area contributed by atoms with Crippen LogP contribution in [0.15, 0.2) is 15.5 Å². The first-order valence-corrected chi connectivity index (χ1v) is 9.30. The van der Waals surface area contributed by atoms with Gasteiger partial charge in [-0.15, -0.1) is 0 Å². The van der Waals surface area contributed by atoms with Gasteiger partial charge in [-0.2, -0.15) is 0 Å². The number of amides is 2. The van der Waals surface area contributed by atoms with Crippen molar-refractivity contribution in [3.05, 3.63) is 28.0 Å². The van der Waals surface area contributed by atoms with E-state index in [4.69, 9.17) is 9.15 Å². The van der Waals surface area contributed by atoms with Gasteiger partial charge in [0.1, 0.15) is 23.1 Å². The van der Waals surface area contributed by atoms with Gasteiger partial charge in [0, 0.05) is 26.2 Å². The first-order chi connectivity index (χ1) is 13.1. The maximum Gasteiger partial charge on any atom is 0.407 e. The highest BCUT2D eigenvalue weighted by molar-refractivity contribution is 6.06. The zero-order valence-corrected chi connectivity index (χ0v) is 16.9. The van der Waals surface area contributed by atoms with Crippen LogP contribution in [0.2, 0.25) is 0 Å². The van der Waals surface area contributed by atoms with E-state index in [0.29, 0.717) is 31.7 Å². The summed E-state index contributed by atoms with van der Waals surface area (Å²) in [6.45, 7) is 8.02. The Morgan fingerprint density at radius 1 is 1.29 bits per heavy atom. The van der Waals surface area contributed by atoms with Crippen LogP contribution in [0.4, 0.5) is 4.79 Å². The summed E-state index contributed by atoms with van der Waals surface area (Å²) in [7, 11) is 1.58. The number of ether oxygens (including phenoxy) is 1. The number of aryl methyl sites for hydroxylation is 2. The number of carbonyl (C=O) groups excluding carboxylic acids is 2. The van der Waals surface area contributed by atoms with Gasteiger partial charge >= 0.3 is 6.09 Å². The Kier molecular flexibility index (Phi) is 5.18. The summed E-state index contributed by atoms with van der Waals surface area (Å²) in [5.74, 6) is 0.127. The lowest BCUT2D eigenvalue weighted by molar-refractivity contribution is 0.0473. The second-order valence-corrected chi connectivity index (χ2v) is 8.09. The molecule has 2 amide bonds. The number of piperidine rings is 1. The number of carbonyl (C=O) groups is 2. The van der Waals surface area contributed by atoms with Gasteiger partial charge in [0.25, 0.3) is 11.5 Å². The fourth-order valence-corrected chi connectivity index (χ4v) is 3.30. The van der Waals surface area contributed by atoms with Crippen molar-refractivity contribution in [1.82, 2.24) is 19.8 Å². The molecule has 9 nitrogen and oxygen atoms in total. The minimum Gasteiger partial charge on any atom is -0.444 e. The average molecular weight is 390 g/mol. The van der Waals surface area contributed by atoms with Crippen molar-refractivity contribution in [3.8, 4) is 0 Å². The minimum atomic E-state index is -0.555. The molecule has 2 aromatic heterocycles. The first-order valence-electron chi connectivity index (χ1n) is 9.30. The summed E-state index contributed by atoms with van der Waals surface area (Å²) in [6, 6.07) is -0.0596.